The Labute approximate surface area is 178 Å². The zero-order valence-electron chi connectivity index (χ0n) is 17.4. The summed E-state index contributed by atoms with van der Waals surface area (Å²) in [5, 5.41) is 8.71. The van der Waals surface area contributed by atoms with Gasteiger partial charge in [-0.05, 0) is 48.7 Å². The van der Waals surface area contributed by atoms with Gasteiger partial charge in [-0.3, -0.25) is 14.5 Å². The van der Waals surface area contributed by atoms with Gasteiger partial charge in [0.15, 0.2) is 11.4 Å². The number of aryl methyl sites for hydroxylation is 2. The molecule has 1 atom stereocenters. The van der Waals surface area contributed by atoms with Crippen LogP contribution in [0, 0.1) is 6.92 Å². The number of pyridine rings is 2. The van der Waals surface area contributed by atoms with Crippen LogP contribution in [0.25, 0.3) is 16.9 Å². The third kappa shape index (κ3) is 3.67. The van der Waals surface area contributed by atoms with Crippen LogP contribution in [0.1, 0.15) is 28.0 Å². The molecule has 5 rings (SSSR count). The van der Waals surface area contributed by atoms with Crippen LogP contribution in [0.15, 0.2) is 42.9 Å². The van der Waals surface area contributed by atoms with E-state index in [1.165, 1.54) is 0 Å². The van der Waals surface area contributed by atoms with Gasteiger partial charge in [0.2, 0.25) is 5.95 Å². The number of carbonyl (C=O) groups excluding carboxylic acids is 1. The number of carbonyl (C=O) groups is 1. The molecule has 4 aromatic rings. The minimum Gasteiger partial charge on any atom is -0.336 e. The van der Waals surface area contributed by atoms with E-state index in [4.69, 9.17) is 0 Å². The SMILES string of the molecule is Cc1ccnc(-c2cnn(C)c2C(=O)Cc2ccn3nc(N4CC[C@H](F)C4)nc3c2)c1. The van der Waals surface area contributed by atoms with Gasteiger partial charge in [-0.2, -0.15) is 10.1 Å². The summed E-state index contributed by atoms with van der Waals surface area (Å²) in [6.45, 7) is 2.92. The number of hydrogen-bond donors (Lipinski definition) is 0. The average Bonchev–Trinajstić information content (AvgIpc) is 3.45. The first-order valence-electron chi connectivity index (χ1n) is 10.2. The summed E-state index contributed by atoms with van der Waals surface area (Å²) in [5.41, 5.74) is 4.49. The van der Waals surface area contributed by atoms with Crippen molar-refractivity contribution in [1.82, 2.24) is 29.4 Å². The fourth-order valence-corrected chi connectivity index (χ4v) is 3.96. The van der Waals surface area contributed by atoms with Crippen LogP contribution in [0.4, 0.5) is 10.3 Å². The van der Waals surface area contributed by atoms with Gasteiger partial charge in [0.1, 0.15) is 11.9 Å². The molecule has 8 nitrogen and oxygen atoms in total. The molecule has 1 aliphatic rings. The molecule has 0 aromatic carbocycles. The van der Waals surface area contributed by atoms with Crippen LogP contribution in [0.5, 0.6) is 0 Å². The Kier molecular flexibility index (Phi) is 4.72. The van der Waals surface area contributed by atoms with Crippen molar-refractivity contribution in [2.24, 2.45) is 7.05 Å². The van der Waals surface area contributed by atoms with Crippen molar-refractivity contribution in [3.63, 3.8) is 0 Å². The molecule has 0 spiro atoms. The van der Waals surface area contributed by atoms with Crippen LogP contribution < -0.4 is 4.90 Å². The molecule has 31 heavy (non-hydrogen) atoms. The molecule has 0 amide bonds. The van der Waals surface area contributed by atoms with Crippen molar-refractivity contribution in [1.29, 1.82) is 0 Å². The number of rotatable bonds is 5. The summed E-state index contributed by atoms with van der Waals surface area (Å²) in [4.78, 5) is 24.0. The molecule has 4 aromatic heterocycles. The number of nitrogens with zero attached hydrogens (tertiary/aromatic N) is 7. The topological polar surface area (TPSA) is 81.2 Å². The second-order valence-corrected chi connectivity index (χ2v) is 7.93. The highest BCUT2D eigenvalue weighted by atomic mass is 19.1. The Morgan fingerprint density at radius 2 is 2.16 bits per heavy atom. The minimum absolute atomic E-state index is 0.0535. The van der Waals surface area contributed by atoms with Gasteiger partial charge in [-0.25, -0.2) is 8.91 Å². The van der Waals surface area contributed by atoms with E-state index in [-0.39, 0.29) is 12.2 Å². The lowest BCUT2D eigenvalue weighted by Gasteiger charge is -2.10. The standard InChI is InChI=1S/C22H22FN7O/c1-14-3-6-24-18(9-14)17-12-25-28(2)21(17)19(31)10-15-4-8-30-20(11-15)26-22(27-30)29-7-5-16(23)13-29/h3-4,6,8-9,11-12,16H,5,7,10,13H2,1-2H3/t16-/m0/s1. The number of ketones is 1. The van der Waals surface area contributed by atoms with Gasteiger partial charge in [0.25, 0.3) is 0 Å². The Bertz CT molecular complexity index is 1280. The molecule has 0 radical (unpaired) electrons. The zero-order chi connectivity index (χ0) is 21.5. The zero-order valence-corrected chi connectivity index (χ0v) is 17.4. The van der Waals surface area contributed by atoms with Crippen molar-refractivity contribution in [2.45, 2.75) is 25.9 Å². The summed E-state index contributed by atoms with van der Waals surface area (Å²) >= 11 is 0. The molecule has 0 N–H and O–H groups in total. The number of Topliss-reactive ketones (excluding diaryl/α,β-unsaturated/α-hetero) is 1. The van der Waals surface area contributed by atoms with Crippen molar-refractivity contribution >= 4 is 17.4 Å². The molecule has 158 valence electrons. The van der Waals surface area contributed by atoms with E-state index < -0.39 is 6.17 Å². The fraction of sp³-hybridized carbons (Fsp3) is 0.318. The van der Waals surface area contributed by atoms with Gasteiger partial charge in [0, 0.05) is 38.0 Å². The van der Waals surface area contributed by atoms with Crippen LogP contribution in [0.2, 0.25) is 0 Å². The highest BCUT2D eigenvalue weighted by Crippen LogP contribution is 2.24. The molecule has 0 bridgehead atoms. The Balaban J connectivity index is 1.41. The van der Waals surface area contributed by atoms with E-state index in [1.807, 2.05) is 36.1 Å². The van der Waals surface area contributed by atoms with Crippen LogP contribution >= 0.6 is 0 Å². The van der Waals surface area contributed by atoms with Gasteiger partial charge in [0.05, 0.1) is 18.4 Å². The normalized spacial score (nSPS) is 16.4. The molecule has 5 heterocycles. The second-order valence-electron chi connectivity index (χ2n) is 7.93. The van der Waals surface area contributed by atoms with E-state index in [9.17, 15) is 9.18 Å². The van der Waals surface area contributed by atoms with Crippen LogP contribution in [0.3, 0.4) is 0 Å². The van der Waals surface area contributed by atoms with E-state index in [0.717, 1.165) is 22.4 Å². The van der Waals surface area contributed by atoms with Crippen LogP contribution in [-0.2, 0) is 13.5 Å². The summed E-state index contributed by atoms with van der Waals surface area (Å²) in [5.74, 6) is 0.463. The molecule has 0 saturated carbocycles. The van der Waals surface area contributed by atoms with E-state index in [1.54, 1.807) is 34.8 Å². The van der Waals surface area contributed by atoms with Crippen molar-refractivity contribution in [3.8, 4) is 11.3 Å². The second kappa shape index (κ2) is 7.57. The summed E-state index contributed by atoms with van der Waals surface area (Å²) in [6.07, 6.45) is 5.05. The highest BCUT2D eigenvalue weighted by molar-refractivity contribution is 6.01. The third-order valence-corrected chi connectivity index (χ3v) is 5.56. The maximum Gasteiger partial charge on any atom is 0.245 e. The molecule has 1 saturated heterocycles. The Morgan fingerprint density at radius 1 is 1.29 bits per heavy atom. The lowest BCUT2D eigenvalue weighted by Crippen LogP contribution is -2.21. The smallest absolute Gasteiger partial charge is 0.245 e. The molecule has 0 unspecified atom stereocenters. The first kappa shape index (κ1) is 19.3. The fourth-order valence-electron chi connectivity index (χ4n) is 3.96. The molecule has 0 aliphatic carbocycles. The third-order valence-electron chi connectivity index (χ3n) is 5.56. The van der Waals surface area contributed by atoms with E-state index >= 15 is 0 Å². The quantitative estimate of drug-likeness (QED) is 0.463. The van der Waals surface area contributed by atoms with Gasteiger partial charge in [-0.1, -0.05) is 0 Å². The minimum atomic E-state index is -0.837. The summed E-state index contributed by atoms with van der Waals surface area (Å²) in [7, 11) is 1.76. The molecule has 1 aliphatic heterocycles. The Morgan fingerprint density at radius 3 is 2.94 bits per heavy atom. The van der Waals surface area contributed by atoms with Crippen molar-refractivity contribution < 1.29 is 9.18 Å². The van der Waals surface area contributed by atoms with Gasteiger partial charge in [-0.15, -0.1) is 5.10 Å². The summed E-state index contributed by atoms with van der Waals surface area (Å²) in [6, 6.07) is 7.56. The van der Waals surface area contributed by atoms with Crippen LogP contribution in [-0.4, -0.2) is 54.4 Å². The maximum absolute atomic E-state index is 13.5. The molecule has 1 fully saturated rings. The number of fused-ring (bicyclic) bond motifs is 1. The van der Waals surface area contributed by atoms with Crippen molar-refractivity contribution in [3.05, 3.63) is 59.7 Å². The largest absolute Gasteiger partial charge is 0.336 e. The number of hydrogen-bond acceptors (Lipinski definition) is 6. The first-order chi connectivity index (χ1) is 15.0. The number of aromatic nitrogens is 6. The lowest BCUT2D eigenvalue weighted by atomic mass is 10.0. The molecular formula is C22H22FN7O. The van der Waals surface area contributed by atoms with E-state index in [2.05, 4.69) is 20.2 Å². The lowest BCUT2D eigenvalue weighted by molar-refractivity contribution is 0.0984. The average molecular weight is 419 g/mol. The van der Waals surface area contributed by atoms with E-state index in [0.29, 0.717) is 36.8 Å². The first-order valence-corrected chi connectivity index (χ1v) is 10.2. The highest BCUT2D eigenvalue weighted by Gasteiger charge is 2.25. The number of anilines is 1. The summed E-state index contributed by atoms with van der Waals surface area (Å²) < 4.78 is 16.8. The Hall–Kier alpha value is -3.62. The monoisotopic (exact) mass is 419 g/mol. The maximum atomic E-state index is 13.5. The predicted octanol–water partition coefficient (Wildman–Crippen LogP) is 2.81. The van der Waals surface area contributed by atoms with Gasteiger partial charge >= 0.3 is 0 Å². The van der Waals surface area contributed by atoms with Gasteiger partial charge < -0.3 is 4.90 Å². The number of halogens is 1. The molecule has 9 heteroatoms. The predicted molar refractivity (Wildman–Crippen MR) is 114 cm³/mol. The number of alkyl halides is 1. The molecular weight excluding hydrogens is 397 g/mol. The van der Waals surface area contributed by atoms with Crippen molar-refractivity contribution in [2.75, 3.05) is 18.0 Å².